The van der Waals surface area contributed by atoms with Gasteiger partial charge in [-0.25, -0.2) is 0 Å². The summed E-state index contributed by atoms with van der Waals surface area (Å²) < 4.78 is 9.29. The van der Waals surface area contributed by atoms with Crippen molar-refractivity contribution in [1.82, 2.24) is 9.96 Å². The fraction of sp³-hybridized carbons (Fsp3) is 0.423. The zero-order valence-corrected chi connectivity index (χ0v) is 23.6. The van der Waals surface area contributed by atoms with Gasteiger partial charge in [-0.1, -0.05) is 43.9 Å². The number of alkyl halides is 2. The Balaban J connectivity index is 1.26. The highest BCUT2D eigenvalue weighted by Crippen LogP contribution is 2.33. The third-order valence-corrected chi connectivity index (χ3v) is 8.35. The summed E-state index contributed by atoms with van der Waals surface area (Å²) in [4.78, 5) is 44.9. The van der Waals surface area contributed by atoms with Crippen LogP contribution in [0, 0.1) is 0 Å². The molecule has 0 saturated carbocycles. The average Bonchev–Trinajstić information content (AvgIpc) is 3.31. The third-order valence-electron chi connectivity index (χ3n) is 6.28. The number of ether oxygens (including phenoxy) is 2. The molecule has 3 amide bonds. The van der Waals surface area contributed by atoms with Gasteiger partial charge in [0.05, 0.1) is 30.3 Å². The molecule has 11 heteroatoms. The SMILES string of the molecule is C[Si](C)(C)CCOC(Cl)(Cl)Oc1ccc(C2CCN(CCON3C(=O)c4ccccc4C3=O)C2=O)cc1. The Kier molecular flexibility index (Phi) is 8.30. The lowest BCUT2D eigenvalue weighted by Crippen LogP contribution is -2.35. The van der Waals surface area contributed by atoms with Gasteiger partial charge in [-0.15, -0.1) is 5.06 Å². The summed E-state index contributed by atoms with van der Waals surface area (Å²) in [6.07, 6.45) is 0.640. The number of carbonyl (C=O) groups excluding carboxylic acids is 3. The number of hydrogen-bond acceptors (Lipinski definition) is 6. The highest BCUT2D eigenvalue weighted by Gasteiger charge is 2.37. The van der Waals surface area contributed by atoms with Gasteiger partial charge in [0, 0.05) is 21.2 Å². The van der Waals surface area contributed by atoms with E-state index in [1.807, 2.05) is 12.1 Å². The van der Waals surface area contributed by atoms with Crippen LogP contribution in [0.25, 0.3) is 0 Å². The van der Waals surface area contributed by atoms with Gasteiger partial charge in [0.25, 0.3) is 11.8 Å². The van der Waals surface area contributed by atoms with E-state index in [1.165, 1.54) is 0 Å². The molecule has 4 rings (SSSR count). The second-order valence-electron chi connectivity index (χ2n) is 10.2. The van der Waals surface area contributed by atoms with E-state index in [1.54, 1.807) is 41.3 Å². The van der Waals surface area contributed by atoms with Crippen LogP contribution in [0.3, 0.4) is 0 Å². The predicted octanol–water partition coefficient (Wildman–Crippen LogP) is 5.05. The van der Waals surface area contributed by atoms with Crippen molar-refractivity contribution in [3.63, 3.8) is 0 Å². The number of fused-ring (bicyclic) bond motifs is 1. The summed E-state index contributed by atoms with van der Waals surface area (Å²) in [7, 11) is -1.29. The van der Waals surface area contributed by atoms with E-state index in [0.717, 1.165) is 16.7 Å². The molecule has 2 aliphatic rings. The van der Waals surface area contributed by atoms with E-state index in [9.17, 15) is 14.4 Å². The minimum absolute atomic E-state index is 0.0297. The number of hydrogen-bond donors (Lipinski definition) is 0. The fourth-order valence-electron chi connectivity index (χ4n) is 4.21. The van der Waals surface area contributed by atoms with E-state index in [-0.39, 0.29) is 25.0 Å². The number of hydroxylamine groups is 2. The van der Waals surface area contributed by atoms with Gasteiger partial charge in [0.15, 0.2) is 0 Å². The summed E-state index contributed by atoms with van der Waals surface area (Å²) in [5.74, 6) is -0.907. The molecule has 1 fully saturated rings. The molecule has 37 heavy (non-hydrogen) atoms. The molecule has 1 saturated heterocycles. The first-order valence-electron chi connectivity index (χ1n) is 12.2. The number of imide groups is 1. The Morgan fingerprint density at radius 1 is 0.946 bits per heavy atom. The second kappa shape index (κ2) is 11.1. The summed E-state index contributed by atoms with van der Waals surface area (Å²) in [5, 5.41) is 0.768. The van der Waals surface area contributed by atoms with Gasteiger partial charge in [-0.2, -0.15) is 0 Å². The van der Waals surface area contributed by atoms with Gasteiger partial charge < -0.3 is 14.4 Å². The fourth-order valence-corrected chi connectivity index (χ4v) is 5.25. The van der Waals surface area contributed by atoms with Crippen molar-refractivity contribution in [3.05, 3.63) is 65.2 Å². The van der Waals surface area contributed by atoms with Crippen LogP contribution in [0.2, 0.25) is 25.7 Å². The largest absolute Gasteiger partial charge is 0.436 e. The Labute approximate surface area is 227 Å². The molecule has 0 aliphatic carbocycles. The van der Waals surface area contributed by atoms with E-state index < -0.39 is 24.6 Å². The Morgan fingerprint density at radius 3 is 2.16 bits per heavy atom. The maximum atomic E-state index is 13.0. The summed E-state index contributed by atoms with van der Waals surface area (Å²) >= 11 is 12.3. The standard InChI is InChI=1S/C26H30Cl2N2O6Si/c1-37(2,3)17-16-34-26(27,28)36-19-10-8-18(9-11-19)20-12-13-29(23(20)31)14-15-35-30-24(32)21-6-4-5-7-22(21)25(30)33/h4-11,20H,12-17H2,1-3H3. The maximum absolute atomic E-state index is 13.0. The quantitative estimate of drug-likeness (QED) is 0.164. The normalized spacial score (nSPS) is 18.1. The van der Waals surface area contributed by atoms with Crippen LogP contribution in [0.15, 0.2) is 48.5 Å². The number of halogens is 2. The first kappa shape index (κ1) is 27.6. The van der Waals surface area contributed by atoms with Gasteiger partial charge in [0.1, 0.15) is 5.75 Å². The van der Waals surface area contributed by atoms with E-state index in [2.05, 4.69) is 19.6 Å². The van der Waals surface area contributed by atoms with E-state index in [0.29, 0.717) is 36.4 Å². The van der Waals surface area contributed by atoms with Crippen LogP contribution in [-0.4, -0.2) is 66.8 Å². The van der Waals surface area contributed by atoms with E-state index >= 15 is 0 Å². The Morgan fingerprint density at radius 2 is 1.57 bits per heavy atom. The van der Waals surface area contributed by atoms with Gasteiger partial charge in [-0.3, -0.25) is 19.2 Å². The smallest absolute Gasteiger partial charge is 0.375 e. The number of carbonyl (C=O) groups is 3. The van der Waals surface area contributed by atoms with Crippen molar-refractivity contribution in [1.29, 1.82) is 0 Å². The van der Waals surface area contributed by atoms with Crippen LogP contribution in [0.5, 0.6) is 5.75 Å². The lowest BCUT2D eigenvalue weighted by molar-refractivity contribution is -0.132. The second-order valence-corrected chi connectivity index (χ2v) is 17.1. The van der Waals surface area contributed by atoms with Crippen LogP contribution in [0.4, 0.5) is 0 Å². The maximum Gasteiger partial charge on any atom is 0.375 e. The van der Waals surface area contributed by atoms with Crippen LogP contribution >= 0.6 is 23.2 Å². The molecule has 0 spiro atoms. The lowest BCUT2D eigenvalue weighted by atomic mass is 9.98. The zero-order valence-electron chi connectivity index (χ0n) is 21.0. The molecular formula is C26H30Cl2N2O6Si. The van der Waals surface area contributed by atoms with Crippen molar-refractivity contribution in [3.8, 4) is 5.75 Å². The first-order valence-corrected chi connectivity index (χ1v) is 16.6. The molecule has 8 nitrogen and oxygen atoms in total. The molecule has 2 aromatic rings. The summed E-state index contributed by atoms with van der Waals surface area (Å²) in [5.41, 5.74) is 1.47. The van der Waals surface area contributed by atoms with Gasteiger partial charge in [-0.05, 0) is 65.5 Å². The molecular weight excluding hydrogens is 535 g/mol. The molecule has 0 radical (unpaired) electrons. The molecule has 0 aromatic heterocycles. The molecule has 2 heterocycles. The minimum atomic E-state index is -1.79. The number of likely N-dealkylation sites (tertiary alicyclic amines) is 1. The first-order chi connectivity index (χ1) is 17.5. The Hall–Kier alpha value is -2.43. The van der Waals surface area contributed by atoms with Gasteiger partial charge in [0.2, 0.25) is 5.91 Å². The molecule has 0 N–H and O–H groups in total. The number of benzene rings is 2. The topological polar surface area (TPSA) is 85.4 Å². The summed E-state index contributed by atoms with van der Waals surface area (Å²) in [6, 6.07) is 14.5. The highest BCUT2D eigenvalue weighted by atomic mass is 35.5. The molecule has 0 bridgehead atoms. The predicted molar refractivity (Wildman–Crippen MR) is 142 cm³/mol. The summed E-state index contributed by atoms with van der Waals surface area (Å²) in [6.45, 7) is 7.93. The molecule has 1 unspecified atom stereocenters. The highest BCUT2D eigenvalue weighted by molar-refractivity contribution is 6.76. The van der Waals surface area contributed by atoms with Crippen LogP contribution in [0.1, 0.15) is 38.6 Å². The van der Waals surface area contributed by atoms with Crippen molar-refractivity contribution in [2.24, 2.45) is 0 Å². The zero-order chi connectivity index (χ0) is 26.8. The Bertz CT molecular complexity index is 1130. The van der Waals surface area contributed by atoms with E-state index in [4.69, 9.17) is 37.5 Å². The molecule has 1 atom stereocenters. The molecule has 2 aromatic carbocycles. The van der Waals surface area contributed by atoms with Crippen molar-refractivity contribution >= 4 is 49.0 Å². The van der Waals surface area contributed by atoms with Crippen molar-refractivity contribution in [2.75, 3.05) is 26.3 Å². The van der Waals surface area contributed by atoms with Crippen molar-refractivity contribution < 1.29 is 28.7 Å². The van der Waals surface area contributed by atoms with Crippen molar-refractivity contribution in [2.45, 2.75) is 42.7 Å². The van der Waals surface area contributed by atoms with Crippen LogP contribution in [-0.2, 0) is 14.4 Å². The minimum Gasteiger partial charge on any atom is -0.436 e. The average molecular weight is 566 g/mol. The monoisotopic (exact) mass is 564 g/mol. The third kappa shape index (κ3) is 6.72. The number of rotatable bonds is 11. The van der Waals surface area contributed by atoms with Gasteiger partial charge >= 0.3 is 4.71 Å². The number of nitrogens with zero attached hydrogens (tertiary/aromatic N) is 2. The molecule has 198 valence electrons. The number of amides is 3. The molecule has 2 aliphatic heterocycles. The van der Waals surface area contributed by atoms with Crippen LogP contribution < -0.4 is 4.74 Å². The lowest BCUT2D eigenvalue weighted by Gasteiger charge is -2.23.